The minimum absolute atomic E-state index is 0.396. The molecule has 1 aliphatic carbocycles. The van der Waals surface area contributed by atoms with Gasteiger partial charge in [0.1, 0.15) is 0 Å². The predicted octanol–water partition coefficient (Wildman–Crippen LogP) is 0.751. The maximum atomic E-state index is 9.18. The SMILES string of the molecule is CC[C@@H]1C[C@]1(O)OC. The van der Waals surface area contributed by atoms with Crippen LogP contribution in [0, 0.1) is 5.92 Å². The van der Waals surface area contributed by atoms with Crippen molar-refractivity contribution in [3.8, 4) is 0 Å². The van der Waals surface area contributed by atoms with Gasteiger partial charge in [0.05, 0.1) is 0 Å². The van der Waals surface area contributed by atoms with Crippen LogP contribution in [0.25, 0.3) is 0 Å². The van der Waals surface area contributed by atoms with Gasteiger partial charge in [-0.2, -0.15) is 0 Å². The van der Waals surface area contributed by atoms with Crippen molar-refractivity contribution in [1.29, 1.82) is 0 Å². The molecule has 1 fully saturated rings. The van der Waals surface area contributed by atoms with Crippen LogP contribution < -0.4 is 0 Å². The normalized spacial score (nSPS) is 44.6. The van der Waals surface area contributed by atoms with Crippen molar-refractivity contribution in [1.82, 2.24) is 0 Å². The summed E-state index contributed by atoms with van der Waals surface area (Å²) in [7, 11) is 1.55. The van der Waals surface area contributed by atoms with Crippen LogP contribution in [0.2, 0.25) is 0 Å². The zero-order valence-corrected chi connectivity index (χ0v) is 5.35. The lowest BCUT2D eigenvalue weighted by Gasteiger charge is -2.04. The van der Waals surface area contributed by atoms with Crippen LogP contribution in [0.4, 0.5) is 0 Å². The summed E-state index contributed by atoms with van der Waals surface area (Å²) in [5.74, 6) is -0.345. The van der Waals surface area contributed by atoms with Crippen molar-refractivity contribution in [3.63, 3.8) is 0 Å². The monoisotopic (exact) mass is 116 g/mol. The van der Waals surface area contributed by atoms with Crippen LogP contribution in [-0.2, 0) is 4.74 Å². The molecular weight excluding hydrogens is 104 g/mol. The van der Waals surface area contributed by atoms with Crippen molar-refractivity contribution >= 4 is 0 Å². The van der Waals surface area contributed by atoms with Gasteiger partial charge in [-0.15, -0.1) is 0 Å². The second-order valence-electron chi connectivity index (χ2n) is 2.36. The second kappa shape index (κ2) is 1.71. The van der Waals surface area contributed by atoms with E-state index in [-0.39, 0.29) is 0 Å². The minimum atomic E-state index is -0.741. The molecule has 1 N–H and O–H groups in total. The molecule has 0 spiro atoms. The van der Waals surface area contributed by atoms with Gasteiger partial charge in [0, 0.05) is 19.4 Å². The Labute approximate surface area is 49.5 Å². The van der Waals surface area contributed by atoms with E-state index in [0.29, 0.717) is 5.92 Å². The van der Waals surface area contributed by atoms with E-state index >= 15 is 0 Å². The largest absolute Gasteiger partial charge is 0.365 e. The molecule has 1 aliphatic rings. The Bertz CT molecular complexity index is 92.5. The summed E-state index contributed by atoms with van der Waals surface area (Å²) < 4.78 is 4.81. The summed E-state index contributed by atoms with van der Waals surface area (Å²) in [6, 6.07) is 0. The third-order valence-electron chi connectivity index (χ3n) is 1.86. The van der Waals surface area contributed by atoms with Crippen molar-refractivity contribution in [2.45, 2.75) is 25.6 Å². The van der Waals surface area contributed by atoms with Gasteiger partial charge in [-0.3, -0.25) is 0 Å². The average Bonchev–Trinajstić information content (AvgIpc) is 2.44. The zero-order valence-electron chi connectivity index (χ0n) is 5.35. The number of rotatable bonds is 2. The smallest absolute Gasteiger partial charge is 0.168 e. The molecule has 0 amide bonds. The minimum Gasteiger partial charge on any atom is -0.365 e. The summed E-state index contributed by atoms with van der Waals surface area (Å²) in [6.45, 7) is 2.06. The fourth-order valence-electron chi connectivity index (χ4n) is 1.01. The lowest BCUT2D eigenvalue weighted by atomic mass is 10.3. The highest BCUT2D eigenvalue weighted by Crippen LogP contribution is 2.45. The zero-order chi connectivity index (χ0) is 6.20. The van der Waals surface area contributed by atoms with E-state index in [2.05, 4.69) is 6.92 Å². The van der Waals surface area contributed by atoms with Crippen LogP contribution in [0.5, 0.6) is 0 Å². The molecule has 2 heteroatoms. The lowest BCUT2D eigenvalue weighted by Crippen LogP contribution is -2.12. The molecule has 0 saturated heterocycles. The molecule has 0 heterocycles. The average molecular weight is 116 g/mol. The number of methoxy groups -OCH3 is 1. The van der Waals surface area contributed by atoms with Crippen LogP contribution in [0.1, 0.15) is 19.8 Å². The number of ether oxygens (including phenoxy) is 1. The van der Waals surface area contributed by atoms with E-state index in [1.54, 1.807) is 7.11 Å². The lowest BCUT2D eigenvalue weighted by molar-refractivity contribution is -0.113. The van der Waals surface area contributed by atoms with Gasteiger partial charge in [0.2, 0.25) is 0 Å². The molecule has 0 aromatic carbocycles. The predicted molar refractivity (Wildman–Crippen MR) is 30.4 cm³/mol. The van der Waals surface area contributed by atoms with Gasteiger partial charge in [-0.25, -0.2) is 0 Å². The summed E-state index contributed by atoms with van der Waals surface area (Å²) in [6.07, 6.45) is 1.84. The standard InChI is InChI=1S/C6H12O2/c1-3-5-4-6(5,7)8-2/h5,7H,3-4H2,1-2H3/t5-,6+/m1/s1. The highest BCUT2D eigenvalue weighted by atomic mass is 16.6. The first-order valence-electron chi connectivity index (χ1n) is 3.00. The van der Waals surface area contributed by atoms with Crippen LogP contribution in [0.3, 0.4) is 0 Å². The third-order valence-corrected chi connectivity index (χ3v) is 1.86. The topological polar surface area (TPSA) is 29.5 Å². The summed E-state index contributed by atoms with van der Waals surface area (Å²) in [5, 5.41) is 9.18. The Morgan fingerprint density at radius 2 is 2.50 bits per heavy atom. The Morgan fingerprint density at radius 1 is 1.88 bits per heavy atom. The van der Waals surface area contributed by atoms with E-state index in [1.165, 1.54) is 0 Å². The molecule has 1 saturated carbocycles. The molecule has 2 nitrogen and oxygen atoms in total. The molecule has 2 atom stereocenters. The Morgan fingerprint density at radius 3 is 2.62 bits per heavy atom. The van der Waals surface area contributed by atoms with Gasteiger partial charge in [0.25, 0.3) is 0 Å². The molecule has 0 aromatic rings. The Kier molecular flexibility index (Phi) is 1.29. The summed E-state index contributed by atoms with van der Waals surface area (Å²) >= 11 is 0. The van der Waals surface area contributed by atoms with E-state index in [0.717, 1.165) is 12.8 Å². The van der Waals surface area contributed by atoms with Crippen molar-refractivity contribution in [2.75, 3.05) is 7.11 Å². The van der Waals surface area contributed by atoms with Crippen LogP contribution >= 0.6 is 0 Å². The molecule has 48 valence electrons. The number of hydrogen-bond acceptors (Lipinski definition) is 2. The van der Waals surface area contributed by atoms with Gasteiger partial charge < -0.3 is 9.84 Å². The van der Waals surface area contributed by atoms with Gasteiger partial charge in [0.15, 0.2) is 5.79 Å². The van der Waals surface area contributed by atoms with Crippen LogP contribution in [0.15, 0.2) is 0 Å². The number of hydrogen-bond donors (Lipinski definition) is 1. The maximum Gasteiger partial charge on any atom is 0.168 e. The highest BCUT2D eigenvalue weighted by molar-refractivity contribution is 4.93. The van der Waals surface area contributed by atoms with E-state index in [4.69, 9.17) is 4.74 Å². The Balaban J connectivity index is 2.31. The molecule has 0 unspecified atom stereocenters. The molecule has 8 heavy (non-hydrogen) atoms. The second-order valence-corrected chi connectivity index (χ2v) is 2.36. The quantitative estimate of drug-likeness (QED) is 0.539. The first-order valence-corrected chi connectivity index (χ1v) is 3.00. The highest BCUT2D eigenvalue weighted by Gasteiger charge is 2.52. The molecule has 0 aromatic heterocycles. The molecule has 1 rings (SSSR count). The molecule has 0 radical (unpaired) electrons. The molecule has 0 aliphatic heterocycles. The molecular formula is C6H12O2. The first-order chi connectivity index (χ1) is 3.73. The first kappa shape index (κ1) is 6.05. The third kappa shape index (κ3) is 0.740. The molecule has 0 bridgehead atoms. The van der Waals surface area contributed by atoms with Crippen molar-refractivity contribution in [3.05, 3.63) is 0 Å². The van der Waals surface area contributed by atoms with E-state index in [1.807, 2.05) is 0 Å². The van der Waals surface area contributed by atoms with Gasteiger partial charge in [-0.1, -0.05) is 6.92 Å². The number of aliphatic hydroxyl groups is 1. The summed E-state index contributed by atoms with van der Waals surface area (Å²) in [5.41, 5.74) is 0. The van der Waals surface area contributed by atoms with Crippen molar-refractivity contribution in [2.24, 2.45) is 5.92 Å². The van der Waals surface area contributed by atoms with Crippen molar-refractivity contribution < 1.29 is 9.84 Å². The Hall–Kier alpha value is -0.0800. The van der Waals surface area contributed by atoms with Gasteiger partial charge in [-0.05, 0) is 6.42 Å². The van der Waals surface area contributed by atoms with Gasteiger partial charge >= 0.3 is 0 Å². The van der Waals surface area contributed by atoms with Crippen LogP contribution in [-0.4, -0.2) is 18.0 Å². The maximum absolute atomic E-state index is 9.18. The fraction of sp³-hybridized carbons (Fsp3) is 1.00. The van der Waals surface area contributed by atoms with E-state index in [9.17, 15) is 5.11 Å². The fourth-order valence-corrected chi connectivity index (χ4v) is 1.01. The van der Waals surface area contributed by atoms with E-state index < -0.39 is 5.79 Å². The summed E-state index contributed by atoms with van der Waals surface area (Å²) in [4.78, 5) is 0.